The summed E-state index contributed by atoms with van der Waals surface area (Å²) in [5.41, 5.74) is 2.51. The Bertz CT molecular complexity index is 631. The van der Waals surface area contributed by atoms with Gasteiger partial charge in [-0.15, -0.1) is 35.0 Å². The molecule has 0 saturated carbocycles. The number of amides is 1. The zero-order valence-corrected chi connectivity index (χ0v) is 13.8. The van der Waals surface area contributed by atoms with Gasteiger partial charge in [0.1, 0.15) is 6.33 Å². The summed E-state index contributed by atoms with van der Waals surface area (Å²) in [5.74, 6) is 0.747. The van der Waals surface area contributed by atoms with E-state index in [1.54, 1.807) is 10.9 Å². The number of benzene rings is 1. The van der Waals surface area contributed by atoms with Crippen molar-refractivity contribution in [3.05, 3.63) is 47.5 Å². The summed E-state index contributed by atoms with van der Waals surface area (Å²) in [5, 5.41) is 13.9. The maximum atomic E-state index is 12.2. The third-order valence-corrected chi connectivity index (χ3v) is 3.62. The Kier molecular flexibility index (Phi) is 6.80. The number of fused-ring (bicyclic) bond motifs is 1. The van der Waals surface area contributed by atoms with Crippen LogP contribution in [0.1, 0.15) is 17.0 Å². The Morgan fingerprint density at radius 3 is 2.77 bits per heavy atom. The van der Waals surface area contributed by atoms with Gasteiger partial charge in [-0.3, -0.25) is 4.79 Å². The summed E-state index contributed by atoms with van der Waals surface area (Å²) in [6.07, 6.45) is 2.34. The molecule has 22 heavy (non-hydrogen) atoms. The first-order chi connectivity index (χ1) is 9.74. The van der Waals surface area contributed by atoms with E-state index in [9.17, 15) is 4.79 Å². The minimum Gasteiger partial charge on any atom is -0.347 e. The molecular formula is C14H19Cl2N5O. The van der Waals surface area contributed by atoms with Crippen molar-refractivity contribution in [2.75, 3.05) is 0 Å². The van der Waals surface area contributed by atoms with E-state index in [2.05, 4.69) is 33.0 Å². The third-order valence-electron chi connectivity index (χ3n) is 3.62. The van der Waals surface area contributed by atoms with Crippen LogP contribution in [-0.2, 0) is 31.4 Å². The average molecular weight is 344 g/mol. The molecule has 0 aliphatic carbocycles. The van der Waals surface area contributed by atoms with E-state index >= 15 is 0 Å². The van der Waals surface area contributed by atoms with E-state index in [0.29, 0.717) is 6.54 Å². The highest BCUT2D eigenvalue weighted by Crippen LogP contribution is 2.16. The quantitative estimate of drug-likeness (QED) is 0.871. The molecule has 3 rings (SSSR count). The van der Waals surface area contributed by atoms with Crippen LogP contribution in [0.3, 0.4) is 0 Å². The molecule has 0 saturated heterocycles. The Balaban J connectivity index is 0.00000121. The van der Waals surface area contributed by atoms with E-state index in [0.717, 1.165) is 18.8 Å². The van der Waals surface area contributed by atoms with Gasteiger partial charge in [0.2, 0.25) is 5.91 Å². The predicted octanol–water partition coefficient (Wildman–Crippen LogP) is 0.989. The lowest BCUT2D eigenvalue weighted by molar-refractivity contribution is -0.123. The molecule has 120 valence electrons. The molecule has 2 heterocycles. The second kappa shape index (κ2) is 8.12. The number of hydrogen-bond donors (Lipinski definition) is 2. The molecule has 0 radical (unpaired) electrons. The molecule has 1 aliphatic heterocycles. The number of aryl methyl sites for hydroxylation is 1. The van der Waals surface area contributed by atoms with Crippen LogP contribution in [0.25, 0.3) is 0 Å². The molecule has 1 aromatic carbocycles. The second-order valence-corrected chi connectivity index (χ2v) is 4.98. The van der Waals surface area contributed by atoms with Crippen LogP contribution in [0.4, 0.5) is 0 Å². The van der Waals surface area contributed by atoms with Gasteiger partial charge in [-0.1, -0.05) is 24.3 Å². The molecule has 2 N–H and O–H groups in total. The summed E-state index contributed by atoms with van der Waals surface area (Å²) in [4.78, 5) is 12.2. The van der Waals surface area contributed by atoms with Crippen LogP contribution in [-0.4, -0.2) is 26.7 Å². The van der Waals surface area contributed by atoms with Crippen molar-refractivity contribution in [2.45, 2.75) is 25.6 Å². The van der Waals surface area contributed by atoms with Crippen molar-refractivity contribution < 1.29 is 4.79 Å². The fourth-order valence-electron chi connectivity index (χ4n) is 2.40. The second-order valence-electron chi connectivity index (χ2n) is 4.98. The Morgan fingerprint density at radius 1 is 1.36 bits per heavy atom. The molecule has 2 aromatic rings. The van der Waals surface area contributed by atoms with Gasteiger partial charge >= 0.3 is 0 Å². The first kappa shape index (κ1) is 18.4. The van der Waals surface area contributed by atoms with Gasteiger partial charge in [0.25, 0.3) is 0 Å². The molecule has 0 bridgehead atoms. The number of aromatic nitrogens is 3. The Labute approximate surface area is 141 Å². The molecule has 1 amide bonds. The Morgan fingerprint density at radius 2 is 2.09 bits per heavy atom. The number of nitrogens with zero attached hydrogens (tertiary/aromatic N) is 3. The minimum absolute atomic E-state index is 0. The van der Waals surface area contributed by atoms with Crippen molar-refractivity contribution in [2.24, 2.45) is 7.05 Å². The number of carbonyl (C=O) groups is 1. The molecule has 8 heteroatoms. The zero-order valence-electron chi connectivity index (χ0n) is 12.2. The average Bonchev–Trinajstić information content (AvgIpc) is 2.89. The largest absolute Gasteiger partial charge is 0.347 e. The van der Waals surface area contributed by atoms with Crippen LogP contribution < -0.4 is 10.6 Å². The van der Waals surface area contributed by atoms with Gasteiger partial charge in [-0.05, 0) is 17.5 Å². The highest BCUT2D eigenvalue weighted by Gasteiger charge is 2.23. The summed E-state index contributed by atoms with van der Waals surface area (Å²) in [6.45, 7) is 1.13. The zero-order chi connectivity index (χ0) is 13.9. The number of hydrogen-bond acceptors (Lipinski definition) is 4. The van der Waals surface area contributed by atoms with Gasteiger partial charge < -0.3 is 15.2 Å². The number of rotatable bonds is 3. The summed E-state index contributed by atoms with van der Waals surface area (Å²) >= 11 is 0. The van der Waals surface area contributed by atoms with Crippen molar-refractivity contribution in [1.29, 1.82) is 0 Å². The van der Waals surface area contributed by atoms with E-state index < -0.39 is 0 Å². The summed E-state index contributed by atoms with van der Waals surface area (Å²) in [6, 6.07) is 8.03. The number of carbonyl (C=O) groups excluding carboxylic acids is 1. The molecule has 0 fully saturated rings. The Hall–Kier alpha value is -1.63. The predicted molar refractivity (Wildman–Crippen MR) is 88.1 cm³/mol. The van der Waals surface area contributed by atoms with Crippen molar-refractivity contribution in [3.8, 4) is 0 Å². The number of nitrogens with one attached hydrogen (secondary N) is 2. The lowest BCUT2D eigenvalue weighted by Gasteiger charge is -2.25. The first-order valence-electron chi connectivity index (χ1n) is 6.65. The molecular weight excluding hydrogens is 325 g/mol. The van der Waals surface area contributed by atoms with Crippen LogP contribution in [0.2, 0.25) is 0 Å². The molecule has 1 aliphatic rings. The van der Waals surface area contributed by atoms with Crippen LogP contribution >= 0.6 is 24.8 Å². The fourth-order valence-corrected chi connectivity index (χ4v) is 2.40. The van der Waals surface area contributed by atoms with Gasteiger partial charge in [0, 0.05) is 13.6 Å². The van der Waals surface area contributed by atoms with Crippen molar-refractivity contribution in [3.63, 3.8) is 0 Å². The SMILES string of the molecule is Cl.Cl.Cn1cnnc1CNC(=O)C1Cc2ccccc2CN1. The normalized spacial score (nSPS) is 16.0. The summed E-state index contributed by atoms with van der Waals surface area (Å²) < 4.78 is 1.80. The van der Waals surface area contributed by atoms with Gasteiger partial charge in [0.05, 0.1) is 12.6 Å². The topological polar surface area (TPSA) is 71.8 Å². The van der Waals surface area contributed by atoms with E-state index in [1.807, 2.05) is 19.2 Å². The molecule has 1 aromatic heterocycles. The lowest BCUT2D eigenvalue weighted by atomic mass is 9.95. The maximum absolute atomic E-state index is 12.2. The summed E-state index contributed by atoms with van der Waals surface area (Å²) in [7, 11) is 1.86. The van der Waals surface area contributed by atoms with Gasteiger partial charge in [-0.25, -0.2) is 0 Å². The van der Waals surface area contributed by atoms with E-state index in [4.69, 9.17) is 0 Å². The van der Waals surface area contributed by atoms with Crippen LogP contribution in [0, 0.1) is 0 Å². The monoisotopic (exact) mass is 343 g/mol. The lowest BCUT2D eigenvalue weighted by Crippen LogP contribution is -2.47. The molecule has 0 spiro atoms. The van der Waals surface area contributed by atoms with Crippen molar-refractivity contribution in [1.82, 2.24) is 25.4 Å². The standard InChI is InChI=1S/C14H17N5O.2ClH/c1-19-9-17-18-13(19)8-16-14(20)12-6-10-4-2-3-5-11(10)7-15-12;;/h2-5,9,12,15H,6-8H2,1H3,(H,16,20);2*1H. The fraction of sp³-hybridized carbons (Fsp3) is 0.357. The highest BCUT2D eigenvalue weighted by molar-refractivity contribution is 5.85. The molecule has 6 nitrogen and oxygen atoms in total. The van der Waals surface area contributed by atoms with E-state index in [-0.39, 0.29) is 36.8 Å². The smallest absolute Gasteiger partial charge is 0.237 e. The van der Waals surface area contributed by atoms with Gasteiger partial charge in [0.15, 0.2) is 5.82 Å². The van der Waals surface area contributed by atoms with Crippen molar-refractivity contribution >= 4 is 30.7 Å². The first-order valence-corrected chi connectivity index (χ1v) is 6.65. The molecule has 1 unspecified atom stereocenters. The van der Waals surface area contributed by atoms with E-state index in [1.165, 1.54) is 11.1 Å². The third kappa shape index (κ3) is 3.97. The van der Waals surface area contributed by atoms with Crippen LogP contribution in [0.5, 0.6) is 0 Å². The van der Waals surface area contributed by atoms with Gasteiger partial charge in [-0.2, -0.15) is 0 Å². The maximum Gasteiger partial charge on any atom is 0.237 e. The highest BCUT2D eigenvalue weighted by atomic mass is 35.5. The molecule has 1 atom stereocenters. The van der Waals surface area contributed by atoms with Crippen LogP contribution in [0.15, 0.2) is 30.6 Å². The number of halogens is 2. The minimum atomic E-state index is -0.182.